The van der Waals surface area contributed by atoms with Crippen LogP contribution in [-0.2, 0) is 16.1 Å². The number of aromatic amines is 1. The third kappa shape index (κ3) is 4.13. The van der Waals surface area contributed by atoms with Crippen molar-refractivity contribution in [3.8, 4) is 0 Å². The van der Waals surface area contributed by atoms with Crippen molar-refractivity contribution in [2.24, 2.45) is 0 Å². The molecule has 0 saturated heterocycles. The molecular formula is C14H13ClN2O3. The number of carbonyl (C=O) groups is 2. The van der Waals surface area contributed by atoms with E-state index in [4.69, 9.17) is 16.3 Å². The van der Waals surface area contributed by atoms with Crippen LogP contribution in [0.15, 0.2) is 42.6 Å². The number of ether oxygens (including phenoxy) is 1. The van der Waals surface area contributed by atoms with Crippen LogP contribution in [0.5, 0.6) is 0 Å². The zero-order valence-electron chi connectivity index (χ0n) is 10.6. The quantitative estimate of drug-likeness (QED) is 0.830. The van der Waals surface area contributed by atoms with Crippen molar-refractivity contribution in [3.63, 3.8) is 0 Å². The van der Waals surface area contributed by atoms with Crippen LogP contribution >= 0.6 is 11.6 Å². The van der Waals surface area contributed by atoms with Crippen molar-refractivity contribution in [1.82, 2.24) is 10.3 Å². The standard InChI is InChI=1S/C14H13ClN2O3/c15-11-4-1-3-10(7-11)8-17-13(18)9-20-14(19)12-5-2-6-16-12/h1-7,16H,8-9H2,(H,17,18). The topological polar surface area (TPSA) is 71.2 Å². The lowest BCUT2D eigenvalue weighted by atomic mass is 10.2. The molecule has 0 fully saturated rings. The van der Waals surface area contributed by atoms with Gasteiger partial charge in [0.1, 0.15) is 5.69 Å². The second-order valence-electron chi connectivity index (χ2n) is 4.07. The maximum atomic E-state index is 11.5. The van der Waals surface area contributed by atoms with Gasteiger partial charge in [0.15, 0.2) is 6.61 Å². The Balaban J connectivity index is 1.74. The summed E-state index contributed by atoms with van der Waals surface area (Å²) in [5, 5.41) is 3.25. The number of benzene rings is 1. The molecule has 0 spiro atoms. The van der Waals surface area contributed by atoms with Crippen LogP contribution in [0, 0.1) is 0 Å². The highest BCUT2D eigenvalue weighted by Gasteiger charge is 2.10. The van der Waals surface area contributed by atoms with Gasteiger partial charge in [0.05, 0.1) is 0 Å². The zero-order chi connectivity index (χ0) is 14.4. The SMILES string of the molecule is O=C(COC(=O)c1ccc[nH]1)NCc1cccc(Cl)c1. The van der Waals surface area contributed by atoms with E-state index in [1.807, 2.05) is 6.07 Å². The van der Waals surface area contributed by atoms with Gasteiger partial charge >= 0.3 is 5.97 Å². The molecule has 0 aliphatic heterocycles. The van der Waals surface area contributed by atoms with Gasteiger partial charge < -0.3 is 15.0 Å². The summed E-state index contributed by atoms with van der Waals surface area (Å²) in [5.74, 6) is -0.933. The van der Waals surface area contributed by atoms with Gasteiger partial charge in [-0.05, 0) is 29.8 Å². The minimum Gasteiger partial charge on any atom is -0.451 e. The molecule has 2 rings (SSSR count). The lowest BCUT2D eigenvalue weighted by molar-refractivity contribution is -0.124. The molecule has 0 bridgehead atoms. The Morgan fingerprint density at radius 1 is 1.25 bits per heavy atom. The van der Waals surface area contributed by atoms with Gasteiger partial charge in [-0.15, -0.1) is 0 Å². The van der Waals surface area contributed by atoms with Crippen LogP contribution in [0.1, 0.15) is 16.1 Å². The molecule has 0 unspecified atom stereocenters. The first-order valence-corrected chi connectivity index (χ1v) is 6.34. The first kappa shape index (κ1) is 14.1. The number of carbonyl (C=O) groups excluding carboxylic acids is 2. The van der Waals surface area contributed by atoms with E-state index in [2.05, 4.69) is 10.3 Å². The van der Waals surface area contributed by atoms with Crippen LogP contribution < -0.4 is 5.32 Å². The predicted molar refractivity (Wildman–Crippen MR) is 74.4 cm³/mol. The third-order valence-electron chi connectivity index (χ3n) is 2.53. The van der Waals surface area contributed by atoms with Crippen LogP contribution in [-0.4, -0.2) is 23.5 Å². The first-order valence-electron chi connectivity index (χ1n) is 5.97. The summed E-state index contributed by atoms with van der Waals surface area (Å²) in [4.78, 5) is 25.7. The van der Waals surface area contributed by atoms with Crippen molar-refractivity contribution in [2.75, 3.05) is 6.61 Å². The average molecular weight is 293 g/mol. The molecule has 1 heterocycles. The molecule has 5 nitrogen and oxygen atoms in total. The molecule has 0 saturated carbocycles. The first-order chi connectivity index (χ1) is 9.65. The van der Waals surface area contributed by atoms with E-state index in [1.54, 1.807) is 36.5 Å². The van der Waals surface area contributed by atoms with Crippen LogP contribution in [0.4, 0.5) is 0 Å². The van der Waals surface area contributed by atoms with Gasteiger partial charge in [-0.3, -0.25) is 4.79 Å². The number of rotatable bonds is 5. The molecule has 2 aromatic rings. The van der Waals surface area contributed by atoms with E-state index in [0.29, 0.717) is 17.3 Å². The molecule has 0 atom stereocenters. The summed E-state index contributed by atoms with van der Waals surface area (Å²) >= 11 is 5.83. The summed E-state index contributed by atoms with van der Waals surface area (Å²) in [7, 11) is 0. The highest BCUT2D eigenvalue weighted by molar-refractivity contribution is 6.30. The fourth-order valence-corrected chi connectivity index (χ4v) is 1.78. The minimum absolute atomic E-state index is 0.313. The molecule has 0 aliphatic carbocycles. The molecule has 6 heteroatoms. The van der Waals surface area contributed by atoms with Crippen molar-refractivity contribution in [3.05, 3.63) is 58.9 Å². The molecule has 1 aromatic carbocycles. The molecule has 2 N–H and O–H groups in total. The monoisotopic (exact) mass is 292 g/mol. The van der Waals surface area contributed by atoms with Gasteiger partial charge in [-0.1, -0.05) is 23.7 Å². The number of hydrogen-bond acceptors (Lipinski definition) is 3. The molecule has 0 aliphatic rings. The smallest absolute Gasteiger partial charge is 0.355 e. The lowest BCUT2D eigenvalue weighted by Crippen LogP contribution is -2.28. The summed E-state index contributed by atoms with van der Waals surface area (Å²) < 4.78 is 4.85. The highest BCUT2D eigenvalue weighted by Crippen LogP contribution is 2.10. The van der Waals surface area contributed by atoms with E-state index in [9.17, 15) is 9.59 Å². The molecule has 1 amide bonds. The second kappa shape index (κ2) is 6.77. The van der Waals surface area contributed by atoms with Crippen LogP contribution in [0.2, 0.25) is 5.02 Å². The van der Waals surface area contributed by atoms with Crippen molar-refractivity contribution < 1.29 is 14.3 Å². The maximum absolute atomic E-state index is 11.5. The number of nitrogens with one attached hydrogen (secondary N) is 2. The zero-order valence-corrected chi connectivity index (χ0v) is 11.3. The number of hydrogen-bond donors (Lipinski definition) is 2. The Bertz CT molecular complexity index is 596. The van der Waals surface area contributed by atoms with Gasteiger partial charge in [0, 0.05) is 17.8 Å². The highest BCUT2D eigenvalue weighted by atomic mass is 35.5. The van der Waals surface area contributed by atoms with E-state index in [-0.39, 0.29) is 12.5 Å². The van der Waals surface area contributed by atoms with Gasteiger partial charge in [-0.2, -0.15) is 0 Å². The van der Waals surface area contributed by atoms with E-state index >= 15 is 0 Å². The van der Waals surface area contributed by atoms with Gasteiger partial charge in [0.2, 0.25) is 0 Å². The Hall–Kier alpha value is -2.27. The Labute approximate surface area is 120 Å². The fraction of sp³-hybridized carbons (Fsp3) is 0.143. The lowest BCUT2D eigenvalue weighted by Gasteiger charge is -2.06. The molecule has 1 aromatic heterocycles. The van der Waals surface area contributed by atoms with Crippen molar-refractivity contribution >= 4 is 23.5 Å². The third-order valence-corrected chi connectivity index (χ3v) is 2.77. The van der Waals surface area contributed by atoms with Crippen molar-refractivity contribution in [1.29, 1.82) is 0 Å². The number of aromatic nitrogens is 1. The summed E-state index contributed by atoms with van der Waals surface area (Å²) in [5.41, 5.74) is 1.19. The molecular weight excluding hydrogens is 280 g/mol. The number of H-pyrrole nitrogens is 1. The molecule has 0 radical (unpaired) electrons. The van der Waals surface area contributed by atoms with Crippen LogP contribution in [0.3, 0.4) is 0 Å². The summed E-state index contributed by atoms with van der Waals surface area (Å²) in [6, 6.07) is 10.4. The largest absolute Gasteiger partial charge is 0.451 e. The molecule has 104 valence electrons. The van der Waals surface area contributed by atoms with Crippen LogP contribution in [0.25, 0.3) is 0 Å². The number of halogens is 1. The minimum atomic E-state index is -0.562. The maximum Gasteiger partial charge on any atom is 0.355 e. The second-order valence-corrected chi connectivity index (χ2v) is 4.50. The van der Waals surface area contributed by atoms with E-state index in [1.165, 1.54) is 0 Å². The van der Waals surface area contributed by atoms with E-state index in [0.717, 1.165) is 5.56 Å². The summed E-state index contributed by atoms with van der Waals surface area (Å²) in [6.45, 7) is 0.0118. The average Bonchev–Trinajstić information content (AvgIpc) is 2.97. The van der Waals surface area contributed by atoms with Crippen molar-refractivity contribution in [2.45, 2.75) is 6.54 Å². The number of amides is 1. The Morgan fingerprint density at radius 3 is 2.80 bits per heavy atom. The Morgan fingerprint density at radius 2 is 2.10 bits per heavy atom. The number of esters is 1. The normalized spacial score (nSPS) is 10.1. The molecule has 20 heavy (non-hydrogen) atoms. The fourth-order valence-electron chi connectivity index (χ4n) is 1.56. The Kier molecular flexibility index (Phi) is 4.79. The summed E-state index contributed by atoms with van der Waals surface area (Å²) in [6.07, 6.45) is 1.61. The predicted octanol–water partition coefficient (Wildman–Crippen LogP) is 2.14. The van der Waals surface area contributed by atoms with Gasteiger partial charge in [0.25, 0.3) is 5.91 Å². The van der Waals surface area contributed by atoms with E-state index < -0.39 is 5.97 Å². The van der Waals surface area contributed by atoms with Gasteiger partial charge in [-0.25, -0.2) is 4.79 Å².